The number of carbonyl (C=O) groups excluding carboxylic acids is 1. The van der Waals surface area contributed by atoms with E-state index in [0.717, 1.165) is 37.6 Å². The van der Waals surface area contributed by atoms with Crippen LogP contribution in [0.2, 0.25) is 0 Å². The van der Waals surface area contributed by atoms with Crippen LogP contribution in [0.4, 0.5) is 5.95 Å². The van der Waals surface area contributed by atoms with E-state index in [9.17, 15) is 4.79 Å². The molecule has 1 saturated heterocycles. The molecule has 18 heavy (non-hydrogen) atoms. The van der Waals surface area contributed by atoms with Gasteiger partial charge in [-0.15, -0.1) is 5.10 Å². The second kappa shape index (κ2) is 5.72. The predicted octanol–water partition coefficient (Wildman–Crippen LogP) is -0.668. The Hall–Kier alpha value is -1.76. The quantitative estimate of drug-likeness (QED) is 0.740. The molecule has 7 nitrogen and oxygen atoms in total. The summed E-state index contributed by atoms with van der Waals surface area (Å²) in [4.78, 5) is 17.9. The second-order valence-electron chi connectivity index (χ2n) is 4.29. The van der Waals surface area contributed by atoms with E-state index in [1.165, 1.54) is 0 Å². The molecule has 1 aromatic rings. The van der Waals surface area contributed by atoms with Gasteiger partial charge in [-0.2, -0.15) is 5.10 Å². The van der Waals surface area contributed by atoms with Crippen molar-refractivity contribution in [1.82, 2.24) is 25.4 Å². The van der Waals surface area contributed by atoms with E-state index in [1.807, 2.05) is 18.7 Å². The van der Waals surface area contributed by atoms with Crippen LogP contribution in [0, 0.1) is 13.8 Å². The molecule has 0 aromatic carbocycles. The van der Waals surface area contributed by atoms with E-state index in [4.69, 9.17) is 0 Å². The van der Waals surface area contributed by atoms with Gasteiger partial charge in [0.15, 0.2) is 0 Å². The fourth-order valence-electron chi connectivity index (χ4n) is 1.71. The molecule has 1 aromatic heterocycles. The molecule has 1 aliphatic heterocycles. The first-order chi connectivity index (χ1) is 8.66. The maximum atomic E-state index is 11.9. The van der Waals surface area contributed by atoms with Crippen LogP contribution in [0.3, 0.4) is 0 Å². The monoisotopic (exact) mass is 250 g/mol. The van der Waals surface area contributed by atoms with Crippen molar-refractivity contribution >= 4 is 11.9 Å². The zero-order valence-corrected chi connectivity index (χ0v) is 10.7. The molecule has 0 unspecified atom stereocenters. The Bertz CT molecular complexity index is 430. The van der Waals surface area contributed by atoms with E-state index in [0.29, 0.717) is 5.95 Å². The molecule has 7 heteroatoms. The van der Waals surface area contributed by atoms with Crippen molar-refractivity contribution in [2.24, 2.45) is 0 Å². The fourth-order valence-corrected chi connectivity index (χ4v) is 1.71. The van der Waals surface area contributed by atoms with Crippen LogP contribution in [-0.4, -0.2) is 58.7 Å². The SMILES string of the molecule is Cc1nnc(NCC(=O)N2CCNCC2)nc1C. The largest absolute Gasteiger partial charge is 0.344 e. The number of hydrogen-bond acceptors (Lipinski definition) is 6. The summed E-state index contributed by atoms with van der Waals surface area (Å²) in [5.74, 6) is 0.472. The number of anilines is 1. The lowest BCUT2D eigenvalue weighted by atomic mass is 10.3. The minimum absolute atomic E-state index is 0.0679. The van der Waals surface area contributed by atoms with E-state index >= 15 is 0 Å². The van der Waals surface area contributed by atoms with E-state index < -0.39 is 0 Å². The van der Waals surface area contributed by atoms with Gasteiger partial charge < -0.3 is 15.5 Å². The van der Waals surface area contributed by atoms with Crippen molar-refractivity contribution in [3.05, 3.63) is 11.4 Å². The number of aromatic nitrogens is 3. The van der Waals surface area contributed by atoms with Crippen LogP contribution in [0.15, 0.2) is 0 Å². The van der Waals surface area contributed by atoms with Crippen LogP contribution in [0.25, 0.3) is 0 Å². The first kappa shape index (κ1) is 12.7. The van der Waals surface area contributed by atoms with Crippen LogP contribution in [0.5, 0.6) is 0 Å². The van der Waals surface area contributed by atoms with Crippen molar-refractivity contribution in [3.8, 4) is 0 Å². The molecule has 1 aliphatic rings. The lowest BCUT2D eigenvalue weighted by Crippen LogP contribution is -2.48. The van der Waals surface area contributed by atoms with Crippen molar-refractivity contribution in [2.75, 3.05) is 38.0 Å². The number of aryl methyl sites for hydroxylation is 2. The van der Waals surface area contributed by atoms with Gasteiger partial charge in [0.05, 0.1) is 17.9 Å². The van der Waals surface area contributed by atoms with Crippen molar-refractivity contribution < 1.29 is 4.79 Å². The highest BCUT2D eigenvalue weighted by Crippen LogP contribution is 2.02. The highest BCUT2D eigenvalue weighted by Gasteiger charge is 2.15. The highest BCUT2D eigenvalue weighted by atomic mass is 16.2. The zero-order chi connectivity index (χ0) is 13.0. The Balaban J connectivity index is 1.86. The van der Waals surface area contributed by atoms with Gasteiger partial charge in [0, 0.05) is 26.2 Å². The maximum Gasteiger partial charge on any atom is 0.243 e. The standard InChI is InChI=1S/C11H18N6O/c1-8-9(2)15-16-11(14-8)13-7-10(18)17-5-3-12-4-6-17/h12H,3-7H2,1-2H3,(H,13,14,16). The number of rotatable bonds is 3. The molecule has 1 amide bonds. The van der Waals surface area contributed by atoms with Crippen molar-refractivity contribution in [2.45, 2.75) is 13.8 Å². The summed E-state index contributed by atoms with van der Waals surface area (Å²) >= 11 is 0. The highest BCUT2D eigenvalue weighted by molar-refractivity contribution is 5.80. The summed E-state index contributed by atoms with van der Waals surface area (Å²) in [6.45, 7) is 7.16. The summed E-state index contributed by atoms with van der Waals surface area (Å²) in [5, 5.41) is 14.0. The predicted molar refractivity (Wildman–Crippen MR) is 67.2 cm³/mol. The van der Waals surface area contributed by atoms with Gasteiger partial charge in [0.2, 0.25) is 11.9 Å². The molecular formula is C11H18N6O. The van der Waals surface area contributed by atoms with Crippen molar-refractivity contribution in [3.63, 3.8) is 0 Å². The third-order valence-electron chi connectivity index (χ3n) is 2.96. The smallest absolute Gasteiger partial charge is 0.243 e. The van der Waals surface area contributed by atoms with Crippen LogP contribution < -0.4 is 10.6 Å². The number of hydrogen-bond donors (Lipinski definition) is 2. The molecule has 2 heterocycles. The molecule has 0 aliphatic carbocycles. The van der Waals surface area contributed by atoms with Crippen LogP contribution >= 0.6 is 0 Å². The Morgan fingerprint density at radius 1 is 1.28 bits per heavy atom. The fraction of sp³-hybridized carbons (Fsp3) is 0.636. The van der Waals surface area contributed by atoms with Gasteiger partial charge in [-0.1, -0.05) is 0 Å². The van der Waals surface area contributed by atoms with Gasteiger partial charge in [-0.05, 0) is 13.8 Å². The molecule has 2 rings (SSSR count). The Kier molecular flexibility index (Phi) is 4.03. The zero-order valence-electron chi connectivity index (χ0n) is 10.7. The lowest BCUT2D eigenvalue weighted by molar-refractivity contribution is -0.129. The van der Waals surface area contributed by atoms with E-state index in [2.05, 4.69) is 25.8 Å². The molecule has 0 bridgehead atoms. The Morgan fingerprint density at radius 3 is 2.67 bits per heavy atom. The maximum absolute atomic E-state index is 11.9. The van der Waals surface area contributed by atoms with Gasteiger partial charge in [0.1, 0.15) is 0 Å². The summed E-state index contributed by atoms with van der Waals surface area (Å²) in [5.41, 5.74) is 1.62. The molecular weight excluding hydrogens is 232 g/mol. The third-order valence-corrected chi connectivity index (χ3v) is 2.96. The number of nitrogens with zero attached hydrogens (tertiary/aromatic N) is 4. The Morgan fingerprint density at radius 2 is 2.00 bits per heavy atom. The number of carbonyl (C=O) groups is 1. The van der Waals surface area contributed by atoms with Gasteiger partial charge in [0.25, 0.3) is 0 Å². The molecule has 0 radical (unpaired) electrons. The molecule has 1 fully saturated rings. The molecule has 0 atom stereocenters. The lowest BCUT2D eigenvalue weighted by Gasteiger charge is -2.27. The summed E-state index contributed by atoms with van der Waals surface area (Å²) in [6.07, 6.45) is 0. The number of amides is 1. The summed E-state index contributed by atoms with van der Waals surface area (Å²) in [6, 6.07) is 0. The molecule has 0 spiro atoms. The van der Waals surface area contributed by atoms with E-state index in [1.54, 1.807) is 0 Å². The van der Waals surface area contributed by atoms with Gasteiger partial charge in [-0.25, -0.2) is 4.98 Å². The third kappa shape index (κ3) is 3.13. The average molecular weight is 250 g/mol. The number of piperazine rings is 1. The minimum Gasteiger partial charge on any atom is -0.344 e. The molecule has 98 valence electrons. The summed E-state index contributed by atoms with van der Waals surface area (Å²) in [7, 11) is 0. The second-order valence-corrected chi connectivity index (χ2v) is 4.29. The van der Waals surface area contributed by atoms with E-state index in [-0.39, 0.29) is 12.5 Å². The number of nitrogens with one attached hydrogen (secondary N) is 2. The van der Waals surface area contributed by atoms with Crippen LogP contribution in [0.1, 0.15) is 11.4 Å². The molecule has 2 N–H and O–H groups in total. The average Bonchev–Trinajstić information content (AvgIpc) is 2.41. The first-order valence-corrected chi connectivity index (χ1v) is 6.07. The first-order valence-electron chi connectivity index (χ1n) is 6.07. The topological polar surface area (TPSA) is 83.0 Å². The minimum atomic E-state index is 0.0679. The normalized spacial score (nSPS) is 15.6. The van der Waals surface area contributed by atoms with Gasteiger partial charge >= 0.3 is 0 Å². The van der Waals surface area contributed by atoms with Crippen molar-refractivity contribution in [1.29, 1.82) is 0 Å². The summed E-state index contributed by atoms with van der Waals surface area (Å²) < 4.78 is 0. The van der Waals surface area contributed by atoms with Gasteiger partial charge in [-0.3, -0.25) is 4.79 Å². The molecule has 0 saturated carbocycles. The Labute approximate surface area is 106 Å². The van der Waals surface area contributed by atoms with Crippen LogP contribution in [-0.2, 0) is 4.79 Å².